The van der Waals surface area contributed by atoms with Crippen molar-refractivity contribution in [1.29, 1.82) is 0 Å². The standard InChI is InChI=1S/C17H13N2.C17H12N.Ir/c1-13-11-18-17(19-12-13)16-9-5-8-15(10-16)14-6-3-2-4-7-14;1-3-7-14(8-4-1)16-11-12-18-17(13-16)15-9-5-2-6-10-15;/h2-8,10-12H,1H3;1-9,11-13H;/q2*-1;. The van der Waals surface area contributed by atoms with E-state index in [9.17, 15) is 0 Å². The predicted octanol–water partition coefficient (Wildman–Crippen LogP) is 8.13. The van der Waals surface area contributed by atoms with Gasteiger partial charge < -0.3 is 4.98 Å². The molecular formula is C34H25IrN3-2. The van der Waals surface area contributed by atoms with Crippen molar-refractivity contribution in [3.8, 4) is 44.9 Å². The molecule has 187 valence electrons. The van der Waals surface area contributed by atoms with Crippen molar-refractivity contribution in [1.82, 2.24) is 15.0 Å². The van der Waals surface area contributed by atoms with Gasteiger partial charge in [-0.15, -0.1) is 71.3 Å². The molecule has 0 unspecified atom stereocenters. The second kappa shape index (κ2) is 13.3. The third-order valence-electron chi connectivity index (χ3n) is 5.78. The number of hydrogen-bond donors (Lipinski definition) is 0. The molecule has 0 N–H and O–H groups in total. The van der Waals surface area contributed by atoms with Crippen molar-refractivity contribution >= 4 is 0 Å². The molecule has 2 aromatic heterocycles. The first-order valence-electron chi connectivity index (χ1n) is 12.1. The summed E-state index contributed by atoms with van der Waals surface area (Å²) in [5, 5.41) is 0. The Morgan fingerprint density at radius 3 is 1.76 bits per heavy atom. The van der Waals surface area contributed by atoms with E-state index in [1.807, 2.05) is 104 Å². The van der Waals surface area contributed by atoms with Crippen LogP contribution in [0.3, 0.4) is 0 Å². The maximum absolute atomic E-state index is 4.40. The summed E-state index contributed by atoms with van der Waals surface area (Å²) >= 11 is 0. The van der Waals surface area contributed by atoms with E-state index in [1.165, 1.54) is 16.7 Å². The quantitative estimate of drug-likeness (QED) is 0.178. The molecule has 0 spiro atoms. The van der Waals surface area contributed by atoms with Gasteiger partial charge in [0.2, 0.25) is 0 Å². The van der Waals surface area contributed by atoms with Gasteiger partial charge in [-0.3, -0.25) is 9.97 Å². The van der Waals surface area contributed by atoms with Crippen molar-refractivity contribution in [3.05, 3.63) is 152 Å². The van der Waals surface area contributed by atoms with Gasteiger partial charge in [-0.05, 0) is 40.9 Å². The van der Waals surface area contributed by atoms with E-state index < -0.39 is 0 Å². The number of benzene rings is 4. The molecule has 0 aliphatic heterocycles. The summed E-state index contributed by atoms with van der Waals surface area (Å²) in [6.07, 6.45) is 5.50. The van der Waals surface area contributed by atoms with Gasteiger partial charge in [-0.2, -0.15) is 0 Å². The van der Waals surface area contributed by atoms with E-state index in [-0.39, 0.29) is 20.1 Å². The van der Waals surface area contributed by atoms with E-state index in [0.29, 0.717) is 5.82 Å². The van der Waals surface area contributed by atoms with Crippen molar-refractivity contribution in [2.24, 2.45) is 0 Å². The van der Waals surface area contributed by atoms with Crippen LogP contribution in [0.4, 0.5) is 0 Å². The summed E-state index contributed by atoms with van der Waals surface area (Å²) in [4.78, 5) is 13.1. The Morgan fingerprint density at radius 2 is 1.13 bits per heavy atom. The summed E-state index contributed by atoms with van der Waals surface area (Å²) in [6.45, 7) is 1.98. The normalized spacial score (nSPS) is 10.0. The molecule has 0 aliphatic rings. The number of hydrogen-bond acceptors (Lipinski definition) is 3. The van der Waals surface area contributed by atoms with Gasteiger partial charge in [-0.1, -0.05) is 66.7 Å². The molecule has 2 heterocycles. The molecule has 0 amide bonds. The van der Waals surface area contributed by atoms with Crippen LogP contribution < -0.4 is 0 Å². The van der Waals surface area contributed by atoms with E-state index >= 15 is 0 Å². The maximum Gasteiger partial charge on any atom is 0.0748 e. The Labute approximate surface area is 237 Å². The third kappa shape index (κ3) is 6.95. The number of pyridine rings is 1. The van der Waals surface area contributed by atoms with Crippen molar-refractivity contribution < 1.29 is 20.1 Å². The van der Waals surface area contributed by atoms with Gasteiger partial charge in [0.1, 0.15) is 0 Å². The molecule has 0 saturated carbocycles. The predicted molar refractivity (Wildman–Crippen MR) is 150 cm³/mol. The minimum absolute atomic E-state index is 0. The number of rotatable bonds is 4. The summed E-state index contributed by atoms with van der Waals surface area (Å²) in [6, 6.07) is 45.1. The molecule has 0 bridgehead atoms. The van der Waals surface area contributed by atoms with Crippen LogP contribution in [0.2, 0.25) is 0 Å². The van der Waals surface area contributed by atoms with Crippen LogP contribution in [0.1, 0.15) is 5.56 Å². The molecule has 0 atom stereocenters. The number of nitrogens with zero attached hydrogens (tertiary/aromatic N) is 3. The molecule has 4 aromatic carbocycles. The summed E-state index contributed by atoms with van der Waals surface area (Å²) in [7, 11) is 0. The van der Waals surface area contributed by atoms with Gasteiger partial charge in [0.15, 0.2) is 0 Å². The fourth-order valence-corrected chi connectivity index (χ4v) is 3.88. The van der Waals surface area contributed by atoms with Gasteiger partial charge in [0, 0.05) is 38.7 Å². The molecule has 6 aromatic rings. The Balaban J connectivity index is 0.000000173. The monoisotopic (exact) mass is 668 g/mol. The van der Waals surface area contributed by atoms with Gasteiger partial charge in [0.05, 0.1) is 5.82 Å². The molecule has 38 heavy (non-hydrogen) atoms. The van der Waals surface area contributed by atoms with Crippen LogP contribution in [0.15, 0.2) is 134 Å². The first-order chi connectivity index (χ1) is 18.3. The average Bonchev–Trinajstić information content (AvgIpc) is 2.99. The number of aryl methyl sites for hydroxylation is 1. The molecular weight excluding hydrogens is 643 g/mol. The molecule has 4 heteroatoms. The molecule has 0 saturated heterocycles. The van der Waals surface area contributed by atoms with Gasteiger partial charge >= 0.3 is 0 Å². The molecule has 1 radical (unpaired) electrons. The average molecular weight is 668 g/mol. The topological polar surface area (TPSA) is 38.7 Å². The molecule has 0 aliphatic carbocycles. The molecule has 3 nitrogen and oxygen atoms in total. The van der Waals surface area contributed by atoms with Crippen molar-refractivity contribution in [2.45, 2.75) is 6.92 Å². The Morgan fingerprint density at radius 1 is 0.526 bits per heavy atom. The molecule has 6 rings (SSSR count). The van der Waals surface area contributed by atoms with Crippen LogP contribution in [0.5, 0.6) is 0 Å². The SMILES string of the molecule is Cc1cnc(-c2[c-]ccc(-c3ccccc3)c2)nc1.[Ir].[c-]1ccccc1-c1cc(-c2ccccc2)ccn1. The fraction of sp³-hybridized carbons (Fsp3) is 0.0294. The fourth-order valence-electron chi connectivity index (χ4n) is 3.88. The van der Waals surface area contributed by atoms with Crippen molar-refractivity contribution in [3.63, 3.8) is 0 Å². The molecule has 0 fully saturated rings. The van der Waals surface area contributed by atoms with E-state index in [4.69, 9.17) is 0 Å². The van der Waals surface area contributed by atoms with Gasteiger partial charge in [-0.25, -0.2) is 0 Å². The van der Waals surface area contributed by atoms with E-state index in [0.717, 1.165) is 27.9 Å². The zero-order valence-electron chi connectivity index (χ0n) is 20.9. The number of aromatic nitrogens is 3. The summed E-state index contributed by atoms with van der Waals surface area (Å²) in [5.41, 5.74) is 8.68. The first-order valence-corrected chi connectivity index (χ1v) is 12.1. The van der Waals surface area contributed by atoms with E-state index in [2.05, 4.69) is 63.5 Å². The zero-order valence-corrected chi connectivity index (χ0v) is 23.3. The van der Waals surface area contributed by atoms with Crippen LogP contribution in [-0.2, 0) is 20.1 Å². The van der Waals surface area contributed by atoms with E-state index in [1.54, 1.807) is 0 Å². The third-order valence-corrected chi connectivity index (χ3v) is 5.78. The van der Waals surface area contributed by atoms with Crippen LogP contribution in [0.25, 0.3) is 44.9 Å². The van der Waals surface area contributed by atoms with Gasteiger partial charge in [0.25, 0.3) is 0 Å². The Kier molecular flexibility index (Phi) is 9.42. The van der Waals surface area contributed by atoms with Crippen molar-refractivity contribution in [2.75, 3.05) is 0 Å². The minimum atomic E-state index is 0. The Hall–Kier alpha value is -4.24. The second-order valence-corrected chi connectivity index (χ2v) is 8.51. The largest absolute Gasteiger partial charge is 0.305 e. The maximum atomic E-state index is 4.40. The first kappa shape index (κ1) is 26.8. The van der Waals surface area contributed by atoms with Crippen LogP contribution in [-0.4, -0.2) is 15.0 Å². The van der Waals surface area contributed by atoms with Crippen LogP contribution in [0, 0.1) is 19.1 Å². The summed E-state index contributed by atoms with van der Waals surface area (Å²) < 4.78 is 0. The Bertz CT molecular complexity index is 1500. The minimum Gasteiger partial charge on any atom is -0.305 e. The zero-order chi connectivity index (χ0) is 25.3. The summed E-state index contributed by atoms with van der Waals surface area (Å²) in [5.74, 6) is 0.711. The smallest absolute Gasteiger partial charge is 0.0748 e. The van der Waals surface area contributed by atoms with Crippen LogP contribution >= 0.6 is 0 Å². The second-order valence-electron chi connectivity index (χ2n) is 8.51.